The fourth-order valence-corrected chi connectivity index (χ4v) is 2.00. The molecule has 18 heavy (non-hydrogen) atoms. The number of methoxy groups -OCH3 is 1. The number of rotatable bonds is 3. The van der Waals surface area contributed by atoms with Gasteiger partial charge in [-0.2, -0.15) is 0 Å². The molecule has 2 N–H and O–H groups in total. The molecule has 0 spiro atoms. The summed E-state index contributed by atoms with van der Waals surface area (Å²) in [4.78, 5) is 4.18. The Kier molecular flexibility index (Phi) is 3.63. The van der Waals surface area contributed by atoms with E-state index in [2.05, 4.69) is 11.1 Å². The van der Waals surface area contributed by atoms with Gasteiger partial charge >= 0.3 is 0 Å². The molecule has 94 valence electrons. The van der Waals surface area contributed by atoms with E-state index in [1.54, 1.807) is 13.3 Å². The van der Waals surface area contributed by atoms with Crippen molar-refractivity contribution < 1.29 is 4.74 Å². The van der Waals surface area contributed by atoms with E-state index in [4.69, 9.17) is 10.5 Å². The van der Waals surface area contributed by atoms with Gasteiger partial charge in [-0.15, -0.1) is 0 Å². The molecule has 0 amide bonds. The Balaban J connectivity index is 2.42. The van der Waals surface area contributed by atoms with Gasteiger partial charge in [0.05, 0.1) is 13.2 Å². The third kappa shape index (κ3) is 2.51. The number of ether oxygens (including phenoxy) is 1. The molecule has 2 rings (SSSR count). The van der Waals surface area contributed by atoms with Crippen LogP contribution in [0.3, 0.4) is 0 Å². The second-order valence-corrected chi connectivity index (χ2v) is 4.52. The second kappa shape index (κ2) is 5.19. The first kappa shape index (κ1) is 12.6. The summed E-state index contributed by atoms with van der Waals surface area (Å²) in [6.07, 6.45) is 3.62. The first-order chi connectivity index (χ1) is 8.61. The van der Waals surface area contributed by atoms with Crippen molar-refractivity contribution in [2.24, 2.45) is 5.73 Å². The van der Waals surface area contributed by atoms with E-state index in [0.29, 0.717) is 0 Å². The van der Waals surface area contributed by atoms with E-state index in [9.17, 15) is 0 Å². The molecule has 1 aromatic heterocycles. The van der Waals surface area contributed by atoms with E-state index < -0.39 is 0 Å². The predicted octanol–water partition coefficient (Wildman–Crippen LogP) is 2.76. The maximum absolute atomic E-state index is 6.29. The first-order valence-electron chi connectivity index (χ1n) is 5.93. The first-order valence-corrected chi connectivity index (χ1v) is 5.93. The summed E-state index contributed by atoms with van der Waals surface area (Å²) in [5.74, 6) is 0.823. The van der Waals surface area contributed by atoms with Gasteiger partial charge in [0.2, 0.25) is 0 Å². The standard InChI is InChI=1S/C15H18N2O/c1-10-4-5-13(14(7-10)18-3)15(16)12-6-11(2)8-17-9-12/h4-9,15H,16H2,1-3H3. The fraction of sp³-hybridized carbons (Fsp3) is 0.267. The Morgan fingerprint density at radius 3 is 2.56 bits per heavy atom. The van der Waals surface area contributed by atoms with Crippen LogP contribution in [0.1, 0.15) is 28.3 Å². The van der Waals surface area contributed by atoms with Gasteiger partial charge < -0.3 is 10.5 Å². The SMILES string of the molecule is COc1cc(C)ccc1C(N)c1cncc(C)c1. The van der Waals surface area contributed by atoms with Crippen LogP contribution >= 0.6 is 0 Å². The van der Waals surface area contributed by atoms with E-state index >= 15 is 0 Å². The van der Waals surface area contributed by atoms with Gasteiger partial charge in [-0.1, -0.05) is 18.2 Å². The van der Waals surface area contributed by atoms with Crippen molar-refractivity contribution in [3.63, 3.8) is 0 Å². The summed E-state index contributed by atoms with van der Waals surface area (Å²) in [6, 6.07) is 7.89. The fourth-order valence-electron chi connectivity index (χ4n) is 2.00. The van der Waals surface area contributed by atoms with Crippen molar-refractivity contribution in [3.8, 4) is 5.75 Å². The number of benzene rings is 1. The van der Waals surface area contributed by atoms with Crippen LogP contribution in [0.5, 0.6) is 5.75 Å². The monoisotopic (exact) mass is 242 g/mol. The molecule has 0 saturated heterocycles. The van der Waals surface area contributed by atoms with Gasteiger partial charge in [-0.05, 0) is 36.6 Å². The van der Waals surface area contributed by atoms with Crippen LogP contribution in [0.2, 0.25) is 0 Å². The predicted molar refractivity (Wildman–Crippen MR) is 72.7 cm³/mol. The third-order valence-corrected chi connectivity index (χ3v) is 2.98. The minimum Gasteiger partial charge on any atom is -0.496 e. The molecule has 0 aliphatic carbocycles. The summed E-state index contributed by atoms with van der Waals surface area (Å²) in [5.41, 5.74) is 10.5. The van der Waals surface area contributed by atoms with Gasteiger partial charge in [0.25, 0.3) is 0 Å². The lowest BCUT2D eigenvalue weighted by atomic mass is 9.98. The van der Waals surface area contributed by atoms with Crippen molar-refractivity contribution in [1.29, 1.82) is 0 Å². The zero-order chi connectivity index (χ0) is 13.1. The van der Waals surface area contributed by atoms with Crippen molar-refractivity contribution in [2.75, 3.05) is 7.11 Å². The highest BCUT2D eigenvalue weighted by atomic mass is 16.5. The van der Waals surface area contributed by atoms with E-state index in [-0.39, 0.29) is 6.04 Å². The van der Waals surface area contributed by atoms with Crippen LogP contribution in [0.15, 0.2) is 36.7 Å². The largest absolute Gasteiger partial charge is 0.496 e. The number of nitrogens with two attached hydrogens (primary N) is 1. The van der Waals surface area contributed by atoms with Crippen molar-refractivity contribution in [1.82, 2.24) is 4.98 Å². The Labute approximate surface area is 108 Å². The highest BCUT2D eigenvalue weighted by molar-refractivity contribution is 5.43. The summed E-state index contributed by atoms with van der Waals surface area (Å²) < 4.78 is 5.40. The van der Waals surface area contributed by atoms with Gasteiger partial charge in [-0.25, -0.2) is 0 Å². The molecule has 0 aliphatic heterocycles. The van der Waals surface area contributed by atoms with Crippen molar-refractivity contribution >= 4 is 0 Å². The zero-order valence-corrected chi connectivity index (χ0v) is 11.0. The van der Waals surface area contributed by atoms with Crippen molar-refractivity contribution in [2.45, 2.75) is 19.9 Å². The average Bonchev–Trinajstić information content (AvgIpc) is 2.37. The highest BCUT2D eigenvalue weighted by Gasteiger charge is 2.14. The van der Waals surface area contributed by atoms with Crippen LogP contribution < -0.4 is 10.5 Å². The van der Waals surface area contributed by atoms with Gasteiger partial charge in [0, 0.05) is 18.0 Å². The molecule has 1 heterocycles. The highest BCUT2D eigenvalue weighted by Crippen LogP contribution is 2.29. The molecular weight excluding hydrogens is 224 g/mol. The number of pyridine rings is 1. The lowest BCUT2D eigenvalue weighted by molar-refractivity contribution is 0.407. The second-order valence-electron chi connectivity index (χ2n) is 4.52. The van der Waals surface area contributed by atoms with Crippen LogP contribution in [0.25, 0.3) is 0 Å². The Morgan fingerprint density at radius 2 is 1.89 bits per heavy atom. The van der Waals surface area contributed by atoms with Gasteiger partial charge in [0.1, 0.15) is 5.75 Å². The smallest absolute Gasteiger partial charge is 0.124 e. The van der Waals surface area contributed by atoms with E-state index in [1.807, 2.05) is 38.2 Å². The molecule has 0 bridgehead atoms. The maximum Gasteiger partial charge on any atom is 0.124 e. The number of aromatic nitrogens is 1. The Hall–Kier alpha value is -1.87. The number of aryl methyl sites for hydroxylation is 2. The lowest BCUT2D eigenvalue weighted by Gasteiger charge is -2.16. The van der Waals surface area contributed by atoms with Crippen LogP contribution in [-0.4, -0.2) is 12.1 Å². The van der Waals surface area contributed by atoms with Crippen LogP contribution in [0, 0.1) is 13.8 Å². The van der Waals surface area contributed by atoms with Crippen LogP contribution in [-0.2, 0) is 0 Å². The molecule has 0 fully saturated rings. The van der Waals surface area contributed by atoms with Crippen LogP contribution in [0.4, 0.5) is 0 Å². The lowest BCUT2D eigenvalue weighted by Crippen LogP contribution is -2.13. The molecule has 3 heteroatoms. The minimum absolute atomic E-state index is 0.215. The minimum atomic E-state index is -0.215. The van der Waals surface area contributed by atoms with Gasteiger partial charge in [0.15, 0.2) is 0 Å². The third-order valence-electron chi connectivity index (χ3n) is 2.98. The summed E-state index contributed by atoms with van der Waals surface area (Å²) in [5, 5.41) is 0. The normalized spacial score (nSPS) is 12.2. The zero-order valence-electron chi connectivity index (χ0n) is 11.0. The summed E-state index contributed by atoms with van der Waals surface area (Å²) in [7, 11) is 1.67. The molecule has 0 radical (unpaired) electrons. The molecular formula is C15H18N2O. The molecule has 1 unspecified atom stereocenters. The van der Waals surface area contributed by atoms with Crippen molar-refractivity contribution in [3.05, 3.63) is 58.9 Å². The summed E-state index contributed by atoms with van der Waals surface area (Å²) >= 11 is 0. The number of nitrogens with zero attached hydrogens (tertiary/aromatic N) is 1. The van der Waals surface area contributed by atoms with E-state index in [0.717, 1.165) is 28.0 Å². The molecule has 0 aliphatic rings. The molecule has 1 atom stereocenters. The molecule has 3 nitrogen and oxygen atoms in total. The summed E-state index contributed by atoms with van der Waals surface area (Å²) in [6.45, 7) is 4.04. The average molecular weight is 242 g/mol. The molecule has 2 aromatic rings. The molecule has 1 aromatic carbocycles. The Bertz CT molecular complexity index is 552. The Morgan fingerprint density at radius 1 is 1.11 bits per heavy atom. The molecule has 0 saturated carbocycles. The maximum atomic E-state index is 6.29. The quantitative estimate of drug-likeness (QED) is 0.900. The number of hydrogen-bond donors (Lipinski definition) is 1. The van der Waals surface area contributed by atoms with E-state index in [1.165, 1.54) is 0 Å². The number of hydrogen-bond acceptors (Lipinski definition) is 3. The van der Waals surface area contributed by atoms with Gasteiger partial charge in [-0.3, -0.25) is 4.98 Å². The topological polar surface area (TPSA) is 48.1 Å².